The zero-order valence-electron chi connectivity index (χ0n) is 8.56. The molecule has 0 aliphatic heterocycles. The van der Waals surface area contributed by atoms with Crippen molar-refractivity contribution in [3.63, 3.8) is 0 Å². The number of methoxy groups -OCH3 is 2. The fourth-order valence-corrected chi connectivity index (χ4v) is 1.86. The molecular formula is C9H9ClO5S. The van der Waals surface area contributed by atoms with Gasteiger partial charge in [-0.2, -0.15) is 0 Å². The minimum Gasteiger partial charge on any atom is -0.497 e. The SMILES string of the molecule is COC(=O)c1cc(OC)cc(S(=O)(=O)Cl)c1. The molecule has 0 aliphatic carbocycles. The Bertz CT molecular complexity index is 509. The van der Waals surface area contributed by atoms with Crippen LogP contribution in [0.5, 0.6) is 5.75 Å². The number of hydrogen-bond acceptors (Lipinski definition) is 5. The highest BCUT2D eigenvalue weighted by molar-refractivity contribution is 8.13. The van der Waals surface area contributed by atoms with Gasteiger partial charge in [0.2, 0.25) is 0 Å². The highest BCUT2D eigenvalue weighted by atomic mass is 35.7. The van der Waals surface area contributed by atoms with Gasteiger partial charge in [-0.15, -0.1) is 0 Å². The highest BCUT2D eigenvalue weighted by Crippen LogP contribution is 2.23. The molecule has 0 atom stereocenters. The Labute approximate surface area is 97.3 Å². The fraction of sp³-hybridized carbons (Fsp3) is 0.222. The van der Waals surface area contributed by atoms with Gasteiger partial charge in [0.25, 0.3) is 9.05 Å². The molecule has 5 nitrogen and oxygen atoms in total. The van der Waals surface area contributed by atoms with Crippen molar-refractivity contribution in [1.82, 2.24) is 0 Å². The second-order valence-corrected chi connectivity index (χ2v) is 5.39. The molecule has 0 radical (unpaired) electrons. The lowest BCUT2D eigenvalue weighted by Crippen LogP contribution is -2.03. The quantitative estimate of drug-likeness (QED) is 0.610. The standard InChI is InChI=1S/C9H9ClO5S/c1-14-7-3-6(9(11)15-2)4-8(5-7)16(10,12)13/h3-5H,1-2H3. The lowest BCUT2D eigenvalue weighted by molar-refractivity contribution is 0.0600. The maximum atomic E-state index is 11.2. The van der Waals surface area contributed by atoms with Crippen molar-refractivity contribution < 1.29 is 22.7 Å². The first-order valence-electron chi connectivity index (χ1n) is 4.10. The monoisotopic (exact) mass is 264 g/mol. The molecule has 0 amide bonds. The lowest BCUT2D eigenvalue weighted by Gasteiger charge is -2.05. The van der Waals surface area contributed by atoms with E-state index in [0.717, 1.165) is 6.07 Å². The van der Waals surface area contributed by atoms with Crippen LogP contribution in [0.2, 0.25) is 0 Å². The van der Waals surface area contributed by atoms with Gasteiger partial charge in [-0.1, -0.05) is 0 Å². The third kappa shape index (κ3) is 2.86. The van der Waals surface area contributed by atoms with E-state index in [2.05, 4.69) is 4.74 Å². The number of rotatable bonds is 3. The topological polar surface area (TPSA) is 69.7 Å². The Morgan fingerprint density at radius 2 is 1.88 bits per heavy atom. The van der Waals surface area contributed by atoms with E-state index in [1.807, 2.05) is 0 Å². The molecule has 1 aromatic rings. The maximum Gasteiger partial charge on any atom is 0.338 e. The number of halogens is 1. The average Bonchev–Trinajstić information content (AvgIpc) is 2.26. The molecule has 0 bridgehead atoms. The van der Waals surface area contributed by atoms with E-state index in [-0.39, 0.29) is 16.2 Å². The minimum atomic E-state index is -3.92. The molecule has 0 fully saturated rings. The Balaban J connectivity index is 3.38. The molecule has 88 valence electrons. The number of carbonyl (C=O) groups is 1. The molecule has 0 aromatic heterocycles. The van der Waals surface area contributed by atoms with Crippen LogP contribution in [0.15, 0.2) is 23.1 Å². The molecule has 0 N–H and O–H groups in total. The van der Waals surface area contributed by atoms with Gasteiger partial charge in [-0.3, -0.25) is 0 Å². The van der Waals surface area contributed by atoms with Gasteiger partial charge in [0, 0.05) is 16.7 Å². The van der Waals surface area contributed by atoms with Crippen LogP contribution in [0.25, 0.3) is 0 Å². The molecule has 16 heavy (non-hydrogen) atoms. The summed E-state index contributed by atoms with van der Waals surface area (Å²) in [6.07, 6.45) is 0. The summed E-state index contributed by atoms with van der Waals surface area (Å²) in [4.78, 5) is 11.0. The van der Waals surface area contributed by atoms with E-state index in [0.29, 0.717) is 0 Å². The molecule has 1 aromatic carbocycles. The number of esters is 1. The maximum absolute atomic E-state index is 11.2. The minimum absolute atomic E-state index is 0.0566. The second-order valence-electron chi connectivity index (χ2n) is 2.83. The first-order valence-corrected chi connectivity index (χ1v) is 6.41. The second kappa shape index (κ2) is 4.71. The van der Waals surface area contributed by atoms with Crippen molar-refractivity contribution in [1.29, 1.82) is 0 Å². The highest BCUT2D eigenvalue weighted by Gasteiger charge is 2.16. The summed E-state index contributed by atoms with van der Waals surface area (Å²) in [6.45, 7) is 0. The van der Waals surface area contributed by atoms with E-state index in [1.54, 1.807) is 0 Å². The van der Waals surface area contributed by atoms with E-state index in [4.69, 9.17) is 15.4 Å². The smallest absolute Gasteiger partial charge is 0.338 e. The molecule has 0 saturated heterocycles. The van der Waals surface area contributed by atoms with Gasteiger partial charge in [-0.05, 0) is 12.1 Å². The summed E-state index contributed by atoms with van der Waals surface area (Å²) in [5, 5.41) is 0. The Morgan fingerprint density at radius 1 is 1.25 bits per heavy atom. The average molecular weight is 265 g/mol. The molecule has 7 heteroatoms. The first-order chi connectivity index (χ1) is 7.38. The van der Waals surface area contributed by atoms with Gasteiger partial charge in [0.1, 0.15) is 5.75 Å². The van der Waals surface area contributed by atoms with Gasteiger partial charge >= 0.3 is 5.97 Å². The predicted octanol–water partition coefficient (Wildman–Crippen LogP) is 1.41. The number of carbonyl (C=O) groups excluding carboxylic acids is 1. The van der Waals surface area contributed by atoms with Crippen LogP contribution >= 0.6 is 10.7 Å². The van der Waals surface area contributed by atoms with Gasteiger partial charge in [0.15, 0.2) is 0 Å². The first kappa shape index (κ1) is 12.8. The zero-order valence-corrected chi connectivity index (χ0v) is 10.1. The number of hydrogen-bond donors (Lipinski definition) is 0. The fourth-order valence-electron chi connectivity index (χ4n) is 1.07. The summed E-state index contributed by atoms with van der Waals surface area (Å²) in [5.74, 6) is -0.456. The number of benzene rings is 1. The van der Waals surface area contributed by atoms with Crippen molar-refractivity contribution in [3.8, 4) is 5.75 Å². The van der Waals surface area contributed by atoms with Crippen LogP contribution < -0.4 is 4.74 Å². The largest absolute Gasteiger partial charge is 0.497 e. The Hall–Kier alpha value is -1.27. The molecule has 0 saturated carbocycles. The van der Waals surface area contributed by atoms with Crippen molar-refractivity contribution in [2.24, 2.45) is 0 Å². The van der Waals surface area contributed by atoms with Crippen LogP contribution in [-0.4, -0.2) is 28.6 Å². The van der Waals surface area contributed by atoms with Crippen LogP contribution in [0.4, 0.5) is 0 Å². The summed E-state index contributed by atoms with van der Waals surface area (Å²) in [6, 6.07) is 3.70. The summed E-state index contributed by atoms with van der Waals surface area (Å²) in [7, 11) is 3.80. The van der Waals surface area contributed by atoms with Crippen molar-refractivity contribution in [3.05, 3.63) is 23.8 Å². The predicted molar refractivity (Wildman–Crippen MR) is 57.4 cm³/mol. The van der Waals surface area contributed by atoms with Crippen LogP contribution in [0.1, 0.15) is 10.4 Å². The summed E-state index contributed by atoms with van der Waals surface area (Å²) in [5.41, 5.74) is 0.0566. The van der Waals surface area contributed by atoms with Gasteiger partial charge < -0.3 is 9.47 Å². The molecule has 0 aliphatic rings. The summed E-state index contributed by atoms with van der Waals surface area (Å²) < 4.78 is 31.6. The number of ether oxygens (including phenoxy) is 2. The van der Waals surface area contributed by atoms with E-state index in [1.165, 1.54) is 26.4 Å². The Kier molecular flexibility index (Phi) is 3.77. The lowest BCUT2D eigenvalue weighted by atomic mass is 10.2. The van der Waals surface area contributed by atoms with Crippen molar-refractivity contribution >= 4 is 25.7 Å². The van der Waals surface area contributed by atoms with Crippen LogP contribution in [0.3, 0.4) is 0 Å². The van der Waals surface area contributed by atoms with Crippen molar-refractivity contribution in [2.45, 2.75) is 4.90 Å². The van der Waals surface area contributed by atoms with Crippen LogP contribution in [0, 0.1) is 0 Å². The molecule has 0 spiro atoms. The van der Waals surface area contributed by atoms with Gasteiger partial charge in [-0.25, -0.2) is 13.2 Å². The molecule has 0 unspecified atom stereocenters. The van der Waals surface area contributed by atoms with Crippen molar-refractivity contribution in [2.75, 3.05) is 14.2 Å². The van der Waals surface area contributed by atoms with Crippen LogP contribution in [-0.2, 0) is 13.8 Å². The zero-order chi connectivity index (χ0) is 12.3. The van der Waals surface area contributed by atoms with E-state index >= 15 is 0 Å². The van der Waals surface area contributed by atoms with Gasteiger partial charge in [0.05, 0.1) is 24.7 Å². The third-order valence-corrected chi connectivity index (χ3v) is 3.15. The molecule has 0 heterocycles. The molecule has 1 rings (SSSR count). The normalized spacial score (nSPS) is 10.9. The van der Waals surface area contributed by atoms with E-state index < -0.39 is 15.0 Å². The Morgan fingerprint density at radius 3 is 2.31 bits per heavy atom. The van der Waals surface area contributed by atoms with E-state index in [9.17, 15) is 13.2 Å². The third-order valence-electron chi connectivity index (χ3n) is 1.82. The molecular weight excluding hydrogens is 256 g/mol. The summed E-state index contributed by atoms with van der Waals surface area (Å²) >= 11 is 0.